The maximum atomic E-state index is 13.1. The molecule has 0 saturated carbocycles. The van der Waals surface area contributed by atoms with E-state index in [4.69, 9.17) is 4.74 Å². The Balaban J connectivity index is 1.58. The molecule has 2 aromatic heterocycles. The molecule has 2 N–H and O–H groups in total. The van der Waals surface area contributed by atoms with Crippen LogP contribution in [0.2, 0.25) is 0 Å². The number of thioether (sulfide) groups is 2. The highest BCUT2D eigenvalue weighted by Crippen LogP contribution is 2.47. The first-order valence-corrected chi connectivity index (χ1v) is 13.3. The highest BCUT2D eigenvalue weighted by molar-refractivity contribution is 8.01. The zero-order valence-corrected chi connectivity index (χ0v) is 20.3. The molecule has 15 heteroatoms. The minimum absolute atomic E-state index is 0.0247. The van der Waals surface area contributed by atoms with Gasteiger partial charge in [0.15, 0.2) is 4.34 Å². The molecule has 168 valence electrons. The van der Waals surface area contributed by atoms with Crippen molar-refractivity contribution in [2.45, 2.75) is 15.4 Å². The standard InChI is InChI=1S/C17H14N4O6S5/c1-27-17(19-12(22)11(32-26)9-3-2-4-28-9)14(25)21-10(13(23)24)8(5-29-15(17)21)6-30-16-20-18-7-31-16/h2-4,7,15H,5-6H2,1H3,(H,19,22)(H,23,24)/t15-,17+/m1/s1. The number of rotatable bonds is 8. The topological polar surface area (TPSA) is 139 Å². The van der Waals surface area contributed by atoms with Crippen LogP contribution in [0.15, 0.2) is 38.6 Å². The van der Waals surface area contributed by atoms with E-state index in [-0.39, 0.29) is 21.8 Å². The number of carbonyl (C=O) groups is 3. The molecule has 2 aliphatic heterocycles. The Bertz CT molecular complexity index is 1140. The van der Waals surface area contributed by atoms with Crippen LogP contribution in [0.3, 0.4) is 0 Å². The Morgan fingerprint density at radius 1 is 1.44 bits per heavy atom. The van der Waals surface area contributed by atoms with Gasteiger partial charge in [-0.25, -0.2) is 9.00 Å². The van der Waals surface area contributed by atoms with Crippen molar-refractivity contribution in [3.63, 3.8) is 0 Å². The molecule has 10 nitrogen and oxygen atoms in total. The van der Waals surface area contributed by atoms with Crippen LogP contribution in [0.1, 0.15) is 4.88 Å². The molecular weight excluding hydrogens is 517 g/mol. The molecule has 32 heavy (non-hydrogen) atoms. The van der Waals surface area contributed by atoms with Gasteiger partial charge in [0.2, 0.25) is 0 Å². The van der Waals surface area contributed by atoms with Crippen molar-refractivity contribution in [1.29, 1.82) is 0 Å². The largest absolute Gasteiger partial charge is 0.477 e. The van der Waals surface area contributed by atoms with Gasteiger partial charge >= 0.3 is 5.97 Å². The first-order valence-electron chi connectivity index (χ1n) is 8.80. The SMILES string of the molecule is CO[C@@]1(NC(=O)C(=S=O)c2cccs2)C(=O)N2C(C(=O)O)=C(CSc3nncs3)CS[C@@H]21. The van der Waals surface area contributed by atoms with Crippen molar-refractivity contribution in [2.75, 3.05) is 18.6 Å². The number of nitrogens with one attached hydrogen (secondary N) is 1. The third-order valence-corrected chi connectivity index (χ3v) is 9.59. The van der Waals surface area contributed by atoms with Crippen LogP contribution in [0.25, 0.3) is 0 Å². The van der Waals surface area contributed by atoms with Gasteiger partial charge in [0.05, 0.1) is 4.88 Å². The summed E-state index contributed by atoms with van der Waals surface area (Å²) in [5.41, 5.74) is 0.248. The van der Waals surface area contributed by atoms with Crippen molar-refractivity contribution >= 4 is 80.1 Å². The Kier molecular flexibility index (Phi) is 6.83. The van der Waals surface area contributed by atoms with Crippen molar-refractivity contribution < 1.29 is 28.4 Å². The van der Waals surface area contributed by atoms with E-state index in [0.29, 0.717) is 26.3 Å². The molecule has 0 aliphatic carbocycles. The number of nitrogens with zero attached hydrogens (tertiary/aromatic N) is 3. The predicted molar refractivity (Wildman–Crippen MR) is 123 cm³/mol. The zero-order chi connectivity index (χ0) is 22.9. The smallest absolute Gasteiger partial charge is 0.352 e. The van der Waals surface area contributed by atoms with Gasteiger partial charge < -0.3 is 15.2 Å². The average Bonchev–Trinajstić information content (AvgIpc) is 3.50. The van der Waals surface area contributed by atoms with Crippen LogP contribution in [0, 0.1) is 0 Å². The van der Waals surface area contributed by atoms with E-state index in [9.17, 15) is 23.7 Å². The molecule has 0 unspecified atom stereocenters. The quantitative estimate of drug-likeness (QED) is 0.166. The Labute approximate surface area is 201 Å². The monoisotopic (exact) mass is 530 g/mol. The fraction of sp³-hybridized carbons (Fsp3) is 0.294. The van der Waals surface area contributed by atoms with Gasteiger partial charge in [0.1, 0.15) is 32.7 Å². The number of methoxy groups -OCH3 is 1. The highest BCUT2D eigenvalue weighted by atomic mass is 32.2. The summed E-state index contributed by atoms with van der Waals surface area (Å²) >= 11 is 5.20. The number of hydrogen-bond acceptors (Lipinski definition) is 11. The molecule has 2 aliphatic rings. The maximum absolute atomic E-state index is 13.1. The molecule has 2 aromatic rings. The number of ether oxygens (including phenoxy) is 1. The third-order valence-electron chi connectivity index (χ3n) is 4.68. The fourth-order valence-electron chi connectivity index (χ4n) is 3.25. The minimum atomic E-state index is -1.77. The van der Waals surface area contributed by atoms with E-state index in [2.05, 4.69) is 15.5 Å². The van der Waals surface area contributed by atoms with E-state index in [1.807, 2.05) is 0 Å². The normalized spacial score (nSPS) is 22.2. The summed E-state index contributed by atoms with van der Waals surface area (Å²) in [6, 6.07) is 3.33. The van der Waals surface area contributed by atoms with Crippen molar-refractivity contribution in [1.82, 2.24) is 20.4 Å². The van der Waals surface area contributed by atoms with Crippen molar-refractivity contribution in [3.8, 4) is 0 Å². The van der Waals surface area contributed by atoms with Gasteiger partial charge in [-0.1, -0.05) is 29.2 Å². The number of fused-ring (bicyclic) bond motifs is 1. The number of amides is 2. The van der Waals surface area contributed by atoms with Crippen molar-refractivity contribution in [3.05, 3.63) is 39.2 Å². The van der Waals surface area contributed by atoms with Crippen LogP contribution in [0.5, 0.6) is 0 Å². The predicted octanol–water partition coefficient (Wildman–Crippen LogP) is 0.838. The number of carbonyl (C=O) groups excluding carboxylic acids is 2. The minimum Gasteiger partial charge on any atom is -0.477 e. The average molecular weight is 531 g/mol. The van der Waals surface area contributed by atoms with Gasteiger partial charge in [0.25, 0.3) is 17.5 Å². The van der Waals surface area contributed by atoms with E-state index in [1.165, 1.54) is 53.3 Å². The lowest BCUT2D eigenvalue weighted by molar-refractivity contribution is -0.191. The summed E-state index contributed by atoms with van der Waals surface area (Å²) < 4.78 is 17.7. The molecule has 4 heterocycles. The second-order valence-corrected chi connectivity index (χ2v) is 11.0. The lowest BCUT2D eigenvalue weighted by Crippen LogP contribution is -2.81. The summed E-state index contributed by atoms with van der Waals surface area (Å²) in [4.78, 5) is 39.5. The second-order valence-electron chi connectivity index (χ2n) is 6.37. The number of hydrogen-bond donors (Lipinski definition) is 2. The van der Waals surface area contributed by atoms with Gasteiger partial charge in [-0.3, -0.25) is 14.5 Å². The van der Waals surface area contributed by atoms with E-state index >= 15 is 0 Å². The van der Waals surface area contributed by atoms with Gasteiger partial charge in [-0.05, 0) is 17.0 Å². The summed E-state index contributed by atoms with van der Waals surface area (Å²) in [6.07, 6.45) is 0. The molecule has 0 spiro atoms. The van der Waals surface area contributed by atoms with Gasteiger partial charge in [-0.2, -0.15) is 0 Å². The van der Waals surface area contributed by atoms with Crippen LogP contribution in [-0.2, 0) is 30.4 Å². The number of aliphatic carboxylic acids is 1. The number of β-lactam (4-membered cyclic amide) rings is 1. The lowest BCUT2D eigenvalue weighted by atomic mass is 9.98. The molecule has 2 amide bonds. The van der Waals surface area contributed by atoms with Crippen LogP contribution in [-0.4, -0.2) is 76.8 Å². The van der Waals surface area contributed by atoms with E-state index in [1.54, 1.807) is 23.0 Å². The molecule has 0 radical (unpaired) electrons. The highest BCUT2D eigenvalue weighted by Gasteiger charge is 2.66. The van der Waals surface area contributed by atoms with E-state index < -0.39 is 28.9 Å². The Hall–Kier alpha value is -2.04. The van der Waals surface area contributed by atoms with E-state index in [0.717, 1.165) is 4.90 Å². The molecular formula is C17H14N4O6S5. The zero-order valence-electron chi connectivity index (χ0n) is 16.2. The van der Waals surface area contributed by atoms with Crippen LogP contribution >= 0.6 is 46.2 Å². The number of carboxylic acids is 1. The third kappa shape index (κ3) is 3.92. The molecule has 2 atom stereocenters. The van der Waals surface area contributed by atoms with Gasteiger partial charge in [-0.15, -0.1) is 33.3 Å². The van der Waals surface area contributed by atoms with Crippen LogP contribution < -0.4 is 5.32 Å². The number of carboxylic acid groups (broad SMARTS) is 1. The first kappa shape index (κ1) is 23.1. The van der Waals surface area contributed by atoms with Gasteiger partial charge in [0, 0.05) is 18.6 Å². The Morgan fingerprint density at radius 2 is 2.25 bits per heavy atom. The molecule has 1 saturated heterocycles. The number of aromatic nitrogens is 2. The lowest BCUT2D eigenvalue weighted by Gasteiger charge is -2.55. The summed E-state index contributed by atoms with van der Waals surface area (Å²) in [5, 5.41) is 21.0. The second kappa shape index (κ2) is 9.44. The van der Waals surface area contributed by atoms with Crippen molar-refractivity contribution in [2.24, 2.45) is 0 Å². The number of thiophene rings is 1. The fourth-order valence-corrected chi connectivity index (χ4v) is 7.50. The molecule has 4 rings (SSSR count). The molecule has 0 aromatic carbocycles. The first-order chi connectivity index (χ1) is 15.4. The summed E-state index contributed by atoms with van der Waals surface area (Å²) in [6.45, 7) is 0. The Morgan fingerprint density at radius 3 is 2.84 bits per heavy atom. The maximum Gasteiger partial charge on any atom is 0.352 e. The van der Waals surface area contributed by atoms with Crippen LogP contribution in [0.4, 0.5) is 0 Å². The summed E-state index contributed by atoms with van der Waals surface area (Å²) in [7, 11) is 1.26. The molecule has 1 fully saturated rings. The summed E-state index contributed by atoms with van der Waals surface area (Å²) in [5.74, 6) is -2.05. The molecule has 0 bridgehead atoms.